The Labute approximate surface area is 101 Å². The van der Waals surface area contributed by atoms with E-state index >= 15 is 0 Å². The van der Waals surface area contributed by atoms with Crippen molar-refractivity contribution in [2.45, 2.75) is 52.1 Å². The molecule has 2 unspecified atom stereocenters. The highest BCUT2D eigenvalue weighted by Crippen LogP contribution is 2.33. The van der Waals surface area contributed by atoms with Crippen molar-refractivity contribution in [2.75, 3.05) is 20.8 Å². The van der Waals surface area contributed by atoms with E-state index in [1.54, 1.807) is 7.11 Å². The van der Waals surface area contributed by atoms with Crippen LogP contribution in [0.3, 0.4) is 0 Å². The van der Waals surface area contributed by atoms with E-state index in [1.165, 1.54) is 32.1 Å². The topological polar surface area (TPSA) is 18.5 Å². The highest BCUT2D eigenvalue weighted by molar-refractivity contribution is 4.82. The molecule has 0 aliphatic heterocycles. The zero-order chi connectivity index (χ0) is 12.0. The highest BCUT2D eigenvalue weighted by Gasteiger charge is 2.32. The van der Waals surface area contributed by atoms with E-state index in [-0.39, 0.29) is 0 Å². The molecule has 96 valence electrons. The van der Waals surface area contributed by atoms with Crippen LogP contribution in [0, 0.1) is 17.8 Å². The number of ether oxygens (including phenoxy) is 2. The van der Waals surface area contributed by atoms with Crippen LogP contribution in [0.1, 0.15) is 46.0 Å². The third-order valence-corrected chi connectivity index (χ3v) is 4.02. The zero-order valence-electron chi connectivity index (χ0n) is 11.4. The van der Waals surface area contributed by atoms with Crippen LogP contribution in [-0.2, 0) is 9.47 Å². The smallest absolute Gasteiger partial charge is 0.0652 e. The maximum absolute atomic E-state index is 5.79. The van der Waals surface area contributed by atoms with Crippen molar-refractivity contribution >= 4 is 0 Å². The highest BCUT2D eigenvalue weighted by atomic mass is 16.5. The molecule has 0 bridgehead atoms. The van der Waals surface area contributed by atoms with Crippen molar-refractivity contribution in [2.24, 2.45) is 17.8 Å². The Kier molecular flexibility index (Phi) is 6.37. The molecule has 16 heavy (non-hydrogen) atoms. The number of hydrogen-bond donors (Lipinski definition) is 0. The molecule has 2 atom stereocenters. The second-order valence-corrected chi connectivity index (χ2v) is 5.46. The maximum Gasteiger partial charge on any atom is 0.0652 e. The fourth-order valence-corrected chi connectivity index (χ4v) is 3.04. The molecule has 0 heterocycles. The first-order chi connectivity index (χ1) is 7.70. The Balaban J connectivity index is 2.60. The van der Waals surface area contributed by atoms with Crippen molar-refractivity contribution in [3.8, 4) is 0 Å². The summed E-state index contributed by atoms with van der Waals surface area (Å²) < 4.78 is 11.1. The average molecular weight is 228 g/mol. The van der Waals surface area contributed by atoms with Gasteiger partial charge in [0.15, 0.2) is 0 Å². The average Bonchev–Trinajstić information content (AvgIpc) is 2.30. The first-order valence-corrected chi connectivity index (χ1v) is 6.72. The number of methoxy groups -OCH3 is 2. The summed E-state index contributed by atoms with van der Waals surface area (Å²) in [6.45, 7) is 5.38. The fraction of sp³-hybridized carbons (Fsp3) is 1.00. The Morgan fingerprint density at radius 3 is 2.12 bits per heavy atom. The second kappa shape index (κ2) is 7.29. The Morgan fingerprint density at radius 1 is 1.06 bits per heavy atom. The van der Waals surface area contributed by atoms with Gasteiger partial charge in [0.1, 0.15) is 0 Å². The SMILES string of the molecule is COCC(C(C)C)C(OC)C1CCCCC1. The molecule has 0 aromatic heterocycles. The van der Waals surface area contributed by atoms with Crippen molar-refractivity contribution < 1.29 is 9.47 Å². The van der Waals surface area contributed by atoms with Gasteiger partial charge >= 0.3 is 0 Å². The minimum atomic E-state index is 0.389. The lowest BCUT2D eigenvalue weighted by Crippen LogP contribution is -2.37. The molecular formula is C14H28O2. The van der Waals surface area contributed by atoms with Gasteiger partial charge in [-0.2, -0.15) is 0 Å². The molecule has 0 spiro atoms. The van der Waals surface area contributed by atoms with Gasteiger partial charge < -0.3 is 9.47 Å². The summed E-state index contributed by atoms with van der Waals surface area (Å²) in [6.07, 6.45) is 7.23. The van der Waals surface area contributed by atoms with Crippen LogP contribution in [-0.4, -0.2) is 26.9 Å². The van der Waals surface area contributed by atoms with Gasteiger partial charge in [-0.3, -0.25) is 0 Å². The van der Waals surface area contributed by atoms with Gasteiger partial charge in [0.05, 0.1) is 12.7 Å². The summed E-state index contributed by atoms with van der Waals surface area (Å²) in [5.41, 5.74) is 0. The molecular weight excluding hydrogens is 200 g/mol. The third-order valence-electron chi connectivity index (χ3n) is 4.02. The van der Waals surface area contributed by atoms with E-state index in [1.807, 2.05) is 7.11 Å². The van der Waals surface area contributed by atoms with E-state index in [2.05, 4.69) is 13.8 Å². The van der Waals surface area contributed by atoms with Crippen LogP contribution in [0.4, 0.5) is 0 Å². The molecule has 0 saturated heterocycles. The van der Waals surface area contributed by atoms with Gasteiger partial charge in [-0.25, -0.2) is 0 Å². The standard InChI is InChI=1S/C14H28O2/c1-11(2)13(10-15-3)14(16-4)12-8-6-5-7-9-12/h11-14H,5-10H2,1-4H3. The Hall–Kier alpha value is -0.0800. The summed E-state index contributed by atoms with van der Waals surface area (Å²) in [4.78, 5) is 0. The molecule has 1 fully saturated rings. The zero-order valence-corrected chi connectivity index (χ0v) is 11.4. The third kappa shape index (κ3) is 3.74. The van der Waals surface area contributed by atoms with Crippen molar-refractivity contribution in [3.05, 3.63) is 0 Å². The Bertz CT molecular complexity index is 174. The van der Waals surface area contributed by atoms with Gasteiger partial charge in [-0.05, 0) is 24.7 Å². The molecule has 1 aliphatic carbocycles. The van der Waals surface area contributed by atoms with E-state index in [0.29, 0.717) is 17.9 Å². The first-order valence-electron chi connectivity index (χ1n) is 6.72. The summed E-state index contributed by atoms with van der Waals surface area (Å²) in [7, 11) is 3.66. The molecule has 0 aromatic rings. The van der Waals surface area contributed by atoms with Crippen LogP contribution in [0.2, 0.25) is 0 Å². The van der Waals surface area contributed by atoms with Crippen molar-refractivity contribution in [3.63, 3.8) is 0 Å². The second-order valence-electron chi connectivity index (χ2n) is 5.46. The molecule has 0 N–H and O–H groups in total. The Morgan fingerprint density at radius 2 is 1.69 bits per heavy atom. The lowest BCUT2D eigenvalue weighted by molar-refractivity contribution is -0.0471. The van der Waals surface area contributed by atoms with Gasteiger partial charge in [0.25, 0.3) is 0 Å². The normalized spacial score (nSPS) is 22.3. The van der Waals surface area contributed by atoms with Crippen molar-refractivity contribution in [1.29, 1.82) is 0 Å². The van der Waals surface area contributed by atoms with E-state index in [4.69, 9.17) is 9.47 Å². The van der Waals surface area contributed by atoms with Gasteiger partial charge in [0.2, 0.25) is 0 Å². The van der Waals surface area contributed by atoms with Gasteiger partial charge in [0, 0.05) is 20.1 Å². The molecule has 1 aliphatic rings. The van der Waals surface area contributed by atoms with Crippen LogP contribution < -0.4 is 0 Å². The molecule has 0 aromatic carbocycles. The largest absolute Gasteiger partial charge is 0.384 e. The quantitative estimate of drug-likeness (QED) is 0.692. The molecule has 0 radical (unpaired) electrons. The lowest BCUT2D eigenvalue weighted by Gasteiger charge is -2.36. The minimum absolute atomic E-state index is 0.389. The number of hydrogen-bond acceptors (Lipinski definition) is 2. The predicted octanol–water partition coefficient (Wildman–Crippen LogP) is 3.50. The fourth-order valence-electron chi connectivity index (χ4n) is 3.04. The number of rotatable bonds is 6. The van der Waals surface area contributed by atoms with Crippen LogP contribution in [0.5, 0.6) is 0 Å². The van der Waals surface area contributed by atoms with Crippen LogP contribution in [0.15, 0.2) is 0 Å². The summed E-state index contributed by atoms with van der Waals surface area (Å²) in [5, 5.41) is 0. The van der Waals surface area contributed by atoms with Gasteiger partial charge in [-0.15, -0.1) is 0 Å². The van der Waals surface area contributed by atoms with Crippen molar-refractivity contribution in [1.82, 2.24) is 0 Å². The predicted molar refractivity (Wildman–Crippen MR) is 67.6 cm³/mol. The molecule has 1 rings (SSSR count). The summed E-state index contributed by atoms with van der Waals surface area (Å²) in [6, 6.07) is 0. The summed E-state index contributed by atoms with van der Waals surface area (Å²) >= 11 is 0. The first kappa shape index (κ1) is 14.0. The lowest BCUT2D eigenvalue weighted by atomic mass is 9.77. The van der Waals surface area contributed by atoms with E-state index in [9.17, 15) is 0 Å². The monoisotopic (exact) mass is 228 g/mol. The van der Waals surface area contributed by atoms with E-state index in [0.717, 1.165) is 12.5 Å². The molecule has 2 heteroatoms. The molecule has 2 nitrogen and oxygen atoms in total. The maximum atomic E-state index is 5.79. The molecule has 1 saturated carbocycles. The van der Waals surface area contributed by atoms with Crippen LogP contribution >= 0.6 is 0 Å². The minimum Gasteiger partial charge on any atom is -0.384 e. The molecule has 0 amide bonds. The summed E-state index contributed by atoms with van der Waals surface area (Å²) in [5.74, 6) is 1.92. The van der Waals surface area contributed by atoms with Gasteiger partial charge in [-0.1, -0.05) is 33.1 Å². The van der Waals surface area contributed by atoms with E-state index < -0.39 is 0 Å². The van der Waals surface area contributed by atoms with Crippen LogP contribution in [0.25, 0.3) is 0 Å².